The molecule has 0 aliphatic carbocycles. The van der Waals surface area contributed by atoms with E-state index in [1.807, 2.05) is 40.4 Å². The van der Waals surface area contributed by atoms with Crippen LogP contribution in [0.1, 0.15) is 26.7 Å². The molecule has 0 unspecified atom stereocenters. The van der Waals surface area contributed by atoms with Gasteiger partial charge in [-0.15, -0.1) is 11.3 Å². The molecule has 0 fully saturated rings. The van der Waals surface area contributed by atoms with Crippen LogP contribution in [0.5, 0.6) is 5.75 Å². The van der Waals surface area contributed by atoms with E-state index in [4.69, 9.17) is 14.8 Å². The molecule has 1 aliphatic rings. The standard InChI is InChI=1S/C21H21N5O2S/c1-3-15(4-2)25-26-18(13-29-21(26)23-16-6-5-9-22-11-16)14-7-8-19-17(10-14)24-20(27)12-28-19/h5-11,13H,3-4,12H2,1-2H3,(H,24,27). The second-order valence-corrected chi connectivity index (χ2v) is 7.30. The third kappa shape index (κ3) is 4.12. The second kappa shape index (κ2) is 8.40. The minimum Gasteiger partial charge on any atom is -0.482 e. The summed E-state index contributed by atoms with van der Waals surface area (Å²) in [7, 11) is 0. The number of carbonyl (C=O) groups is 1. The maximum Gasteiger partial charge on any atom is 0.262 e. The quantitative estimate of drug-likeness (QED) is 0.644. The van der Waals surface area contributed by atoms with Crippen LogP contribution in [-0.2, 0) is 4.79 Å². The molecule has 0 saturated carbocycles. The van der Waals surface area contributed by atoms with Gasteiger partial charge in [-0.3, -0.25) is 9.78 Å². The minimum absolute atomic E-state index is 0.0413. The summed E-state index contributed by atoms with van der Waals surface area (Å²) in [5, 5.41) is 9.75. The number of rotatable bonds is 5. The second-order valence-electron chi connectivity index (χ2n) is 6.46. The highest BCUT2D eigenvalue weighted by Crippen LogP contribution is 2.33. The smallest absolute Gasteiger partial charge is 0.262 e. The topological polar surface area (TPSA) is 80.9 Å². The number of amides is 1. The molecule has 1 aliphatic heterocycles. The monoisotopic (exact) mass is 407 g/mol. The molecule has 2 aromatic heterocycles. The molecule has 148 valence electrons. The maximum absolute atomic E-state index is 11.7. The first-order chi connectivity index (χ1) is 14.2. The first-order valence-corrected chi connectivity index (χ1v) is 10.3. The van der Waals surface area contributed by atoms with Crippen LogP contribution in [0.4, 0.5) is 11.4 Å². The van der Waals surface area contributed by atoms with Crippen LogP contribution in [0.25, 0.3) is 11.3 Å². The molecule has 4 rings (SSSR count). The van der Waals surface area contributed by atoms with Crippen molar-refractivity contribution in [1.29, 1.82) is 0 Å². The van der Waals surface area contributed by atoms with E-state index in [2.05, 4.69) is 24.1 Å². The molecule has 3 aromatic rings. The molecule has 1 amide bonds. The van der Waals surface area contributed by atoms with Crippen LogP contribution in [0, 0.1) is 0 Å². The summed E-state index contributed by atoms with van der Waals surface area (Å²) >= 11 is 1.51. The number of benzene rings is 1. The van der Waals surface area contributed by atoms with E-state index in [0.29, 0.717) is 11.4 Å². The number of thiazole rings is 1. The van der Waals surface area contributed by atoms with E-state index in [1.165, 1.54) is 11.3 Å². The average Bonchev–Trinajstić information content (AvgIpc) is 3.14. The van der Waals surface area contributed by atoms with Gasteiger partial charge in [-0.2, -0.15) is 5.10 Å². The van der Waals surface area contributed by atoms with Crippen LogP contribution >= 0.6 is 11.3 Å². The fraction of sp³-hybridized carbons (Fsp3) is 0.238. The van der Waals surface area contributed by atoms with Gasteiger partial charge in [0.25, 0.3) is 5.91 Å². The van der Waals surface area contributed by atoms with Crippen molar-refractivity contribution in [3.63, 3.8) is 0 Å². The lowest BCUT2D eigenvalue weighted by molar-refractivity contribution is -0.118. The van der Waals surface area contributed by atoms with Crippen molar-refractivity contribution < 1.29 is 9.53 Å². The van der Waals surface area contributed by atoms with E-state index in [1.54, 1.807) is 12.4 Å². The average molecular weight is 407 g/mol. The summed E-state index contributed by atoms with van der Waals surface area (Å²) in [6.45, 7) is 4.23. The van der Waals surface area contributed by atoms with Crippen molar-refractivity contribution in [2.24, 2.45) is 10.1 Å². The van der Waals surface area contributed by atoms with Crippen LogP contribution in [-0.4, -0.2) is 27.9 Å². The highest BCUT2D eigenvalue weighted by atomic mass is 32.1. The highest BCUT2D eigenvalue weighted by molar-refractivity contribution is 7.07. The predicted molar refractivity (Wildman–Crippen MR) is 115 cm³/mol. The van der Waals surface area contributed by atoms with Gasteiger partial charge in [-0.25, -0.2) is 9.67 Å². The van der Waals surface area contributed by atoms with Gasteiger partial charge in [0, 0.05) is 22.9 Å². The number of ether oxygens (including phenoxy) is 1. The van der Waals surface area contributed by atoms with Crippen molar-refractivity contribution >= 4 is 34.3 Å². The molecule has 1 N–H and O–H groups in total. The Morgan fingerprint density at radius 1 is 1.31 bits per heavy atom. The summed E-state index contributed by atoms with van der Waals surface area (Å²) < 4.78 is 7.34. The lowest BCUT2D eigenvalue weighted by Gasteiger charge is -2.18. The largest absolute Gasteiger partial charge is 0.482 e. The summed E-state index contributed by atoms with van der Waals surface area (Å²) in [6.07, 6.45) is 5.17. The molecule has 7 nitrogen and oxygen atoms in total. The number of hydrogen-bond donors (Lipinski definition) is 1. The van der Waals surface area contributed by atoms with Gasteiger partial charge >= 0.3 is 0 Å². The number of hydrogen-bond acceptors (Lipinski definition) is 6. The zero-order chi connectivity index (χ0) is 20.2. The third-order valence-corrected chi connectivity index (χ3v) is 5.34. The van der Waals surface area contributed by atoms with Crippen LogP contribution in [0.2, 0.25) is 0 Å². The molecule has 0 saturated heterocycles. The van der Waals surface area contributed by atoms with Gasteiger partial charge < -0.3 is 10.1 Å². The van der Waals surface area contributed by atoms with Gasteiger partial charge in [0.15, 0.2) is 6.61 Å². The molecule has 0 spiro atoms. The highest BCUT2D eigenvalue weighted by Gasteiger charge is 2.18. The van der Waals surface area contributed by atoms with E-state index in [0.717, 1.165) is 40.3 Å². The predicted octanol–water partition coefficient (Wildman–Crippen LogP) is 4.20. The number of aromatic nitrogens is 2. The van der Waals surface area contributed by atoms with Crippen molar-refractivity contribution in [2.75, 3.05) is 11.9 Å². The fourth-order valence-electron chi connectivity index (χ4n) is 2.98. The number of pyridine rings is 1. The molecule has 8 heteroatoms. The summed E-state index contributed by atoms with van der Waals surface area (Å²) in [5.41, 5.74) is 4.34. The van der Waals surface area contributed by atoms with Gasteiger partial charge in [0.2, 0.25) is 4.80 Å². The number of fused-ring (bicyclic) bond motifs is 1. The molecule has 0 atom stereocenters. The zero-order valence-corrected chi connectivity index (χ0v) is 17.1. The van der Waals surface area contributed by atoms with E-state index in [-0.39, 0.29) is 12.5 Å². The number of anilines is 1. The van der Waals surface area contributed by atoms with E-state index < -0.39 is 0 Å². The Morgan fingerprint density at radius 3 is 2.93 bits per heavy atom. The zero-order valence-electron chi connectivity index (χ0n) is 16.3. The lowest BCUT2D eigenvalue weighted by Crippen LogP contribution is -2.25. The Morgan fingerprint density at radius 2 is 2.17 bits per heavy atom. The van der Waals surface area contributed by atoms with Gasteiger partial charge in [0.1, 0.15) is 5.75 Å². The number of carbonyl (C=O) groups excluding carboxylic acids is 1. The molecule has 0 bridgehead atoms. The molecule has 1 aromatic carbocycles. The Labute approximate surface area is 172 Å². The van der Waals surface area contributed by atoms with Crippen LogP contribution < -0.4 is 14.9 Å². The molecular weight excluding hydrogens is 386 g/mol. The molecule has 3 heterocycles. The van der Waals surface area contributed by atoms with E-state index in [9.17, 15) is 4.79 Å². The van der Waals surface area contributed by atoms with Crippen molar-refractivity contribution in [3.8, 4) is 17.0 Å². The number of nitrogens with one attached hydrogen (secondary N) is 1. The van der Waals surface area contributed by atoms with Crippen molar-refractivity contribution in [2.45, 2.75) is 26.7 Å². The van der Waals surface area contributed by atoms with Crippen LogP contribution in [0.3, 0.4) is 0 Å². The summed E-state index contributed by atoms with van der Waals surface area (Å²) in [4.78, 5) is 21.3. The molecule has 0 radical (unpaired) electrons. The van der Waals surface area contributed by atoms with Gasteiger partial charge in [-0.05, 0) is 43.2 Å². The molecule has 29 heavy (non-hydrogen) atoms. The first kappa shape index (κ1) is 19.1. The first-order valence-electron chi connectivity index (χ1n) is 9.47. The maximum atomic E-state index is 11.7. The fourth-order valence-corrected chi connectivity index (χ4v) is 3.83. The Kier molecular flexibility index (Phi) is 5.53. The van der Waals surface area contributed by atoms with Crippen molar-refractivity contribution in [3.05, 3.63) is 52.9 Å². The SMILES string of the molecule is CCC(CC)=Nn1c(-c2ccc3c(c2)NC(=O)CO3)csc1=Nc1cccnc1. The Bertz CT molecular complexity index is 1130. The summed E-state index contributed by atoms with van der Waals surface area (Å²) in [5.74, 6) is 0.513. The van der Waals surface area contributed by atoms with Crippen molar-refractivity contribution in [1.82, 2.24) is 9.66 Å². The normalized spacial score (nSPS) is 13.4. The number of nitrogens with zero attached hydrogens (tertiary/aromatic N) is 4. The minimum atomic E-state index is -0.155. The van der Waals surface area contributed by atoms with Gasteiger partial charge in [0.05, 0.1) is 23.3 Å². The Hall–Kier alpha value is -3.26. The Balaban J connectivity index is 1.86. The van der Waals surface area contributed by atoms with Crippen LogP contribution in [0.15, 0.2) is 58.2 Å². The summed E-state index contributed by atoms with van der Waals surface area (Å²) in [6, 6.07) is 9.51. The lowest BCUT2D eigenvalue weighted by atomic mass is 10.1. The van der Waals surface area contributed by atoms with Gasteiger partial charge in [-0.1, -0.05) is 13.8 Å². The third-order valence-electron chi connectivity index (χ3n) is 4.52. The van der Waals surface area contributed by atoms with E-state index >= 15 is 0 Å². The molecular formula is C21H21N5O2S.